The van der Waals surface area contributed by atoms with Gasteiger partial charge in [0.1, 0.15) is 5.60 Å². The van der Waals surface area contributed by atoms with Crippen LogP contribution in [0.2, 0.25) is 0 Å². The number of anilines is 1. The second kappa shape index (κ2) is 8.32. The fourth-order valence-electron chi connectivity index (χ4n) is 3.79. The van der Waals surface area contributed by atoms with Crippen molar-refractivity contribution in [1.29, 1.82) is 0 Å². The van der Waals surface area contributed by atoms with Crippen LogP contribution < -0.4 is 20.3 Å². The lowest BCUT2D eigenvalue weighted by Gasteiger charge is -2.29. The van der Waals surface area contributed by atoms with E-state index in [0.717, 1.165) is 24.9 Å². The number of ether oxygens (including phenoxy) is 2. The molecular weight excluding hydrogens is 384 g/mol. The lowest BCUT2D eigenvalue weighted by Crippen LogP contribution is -2.49. The van der Waals surface area contributed by atoms with Gasteiger partial charge in [0.2, 0.25) is 5.88 Å². The van der Waals surface area contributed by atoms with Crippen LogP contribution in [0.1, 0.15) is 64.2 Å². The summed E-state index contributed by atoms with van der Waals surface area (Å²) < 4.78 is 10.7. The van der Waals surface area contributed by atoms with Crippen molar-refractivity contribution in [2.75, 3.05) is 25.1 Å². The van der Waals surface area contributed by atoms with Crippen molar-refractivity contribution in [3.8, 4) is 5.88 Å². The van der Waals surface area contributed by atoms with Crippen molar-refractivity contribution in [2.45, 2.75) is 71.1 Å². The third-order valence-corrected chi connectivity index (χ3v) is 5.62. The third kappa shape index (κ3) is 5.55. The van der Waals surface area contributed by atoms with Crippen LogP contribution in [0.5, 0.6) is 5.88 Å². The summed E-state index contributed by atoms with van der Waals surface area (Å²) in [4.78, 5) is 31.6. The Balaban J connectivity index is 1.75. The molecule has 8 nitrogen and oxygen atoms in total. The van der Waals surface area contributed by atoms with Crippen molar-refractivity contribution < 1.29 is 19.1 Å². The van der Waals surface area contributed by atoms with Gasteiger partial charge in [-0.25, -0.2) is 9.78 Å². The van der Waals surface area contributed by atoms with E-state index in [1.165, 1.54) is 0 Å². The maximum atomic E-state index is 13.0. The molecule has 2 N–H and O–H groups in total. The molecule has 1 saturated carbocycles. The first-order chi connectivity index (χ1) is 14.0. The lowest BCUT2D eigenvalue weighted by atomic mass is 10.0. The minimum atomic E-state index is -0.555. The number of hydrogen-bond acceptors (Lipinski definition) is 6. The van der Waals surface area contributed by atoms with Crippen molar-refractivity contribution in [1.82, 2.24) is 15.6 Å². The van der Waals surface area contributed by atoms with Crippen LogP contribution in [0, 0.1) is 5.92 Å². The van der Waals surface area contributed by atoms with Gasteiger partial charge in [-0.15, -0.1) is 0 Å². The number of alkyl carbamates (subject to hydrolysis) is 1. The van der Waals surface area contributed by atoms with Crippen LogP contribution in [0.4, 0.5) is 10.5 Å². The highest BCUT2D eigenvalue weighted by Crippen LogP contribution is 2.34. The molecule has 0 aromatic carbocycles. The summed E-state index contributed by atoms with van der Waals surface area (Å²) >= 11 is 0. The number of methoxy groups -OCH3 is 1. The predicted molar refractivity (Wildman–Crippen MR) is 115 cm³/mol. The van der Waals surface area contributed by atoms with Crippen LogP contribution in [-0.2, 0) is 4.74 Å². The molecule has 1 aromatic heterocycles. The second-order valence-corrected chi connectivity index (χ2v) is 9.70. The second-order valence-electron chi connectivity index (χ2n) is 9.70. The van der Waals surface area contributed by atoms with Gasteiger partial charge in [-0.1, -0.05) is 0 Å². The summed E-state index contributed by atoms with van der Waals surface area (Å²) in [6.45, 7) is 10.8. The molecule has 2 fully saturated rings. The fraction of sp³-hybridized carbons (Fsp3) is 0.682. The van der Waals surface area contributed by atoms with E-state index < -0.39 is 17.2 Å². The molecule has 3 rings (SSSR count). The molecule has 1 aliphatic carbocycles. The van der Waals surface area contributed by atoms with E-state index in [1.54, 1.807) is 19.4 Å². The molecule has 0 bridgehead atoms. The fourth-order valence-corrected chi connectivity index (χ4v) is 3.79. The summed E-state index contributed by atoms with van der Waals surface area (Å²) in [7, 11) is 1.55. The van der Waals surface area contributed by atoms with Gasteiger partial charge >= 0.3 is 6.09 Å². The molecule has 0 spiro atoms. The Bertz CT molecular complexity index is 803. The summed E-state index contributed by atoms with van der Waals surface area (Å²) in [5.41, 5.74) is 0.260. The maximum absolute atomic E-state index is 13.0. The number of rotatable bonds is 6. The van der Waals surface area contributed by atoms with E-state index in [-0.39, 0.29) is 11.9 Å². The first-order valence-electron chi connectivity index (χ1n) is 10.6. The molecule has 30 heavy (non-hydrogen) atoms. The zero-order valence-electron chi connectivity index (χ0n) is 18.9. The molecule has 2 atom stereocenters. The van der Waals surface area contributed by atoms with Crippen molar-refractivity contribution in [3.63, 3.8) is 0 Å². The average Bonchev–Trinajstić information content (AvgIpc) is 3.42. The summed E-state index contributed by atoms with van der Waals surface area (Å²) in [6, 6.07) is 1.93. The van der Waals surface area contributed by atoms with E-state index in [0.29, 0.717) is 30.5 Å². The molecule has 0 unspecified atom stereocenters. The van der Waals surface area contributed by atoms with E-state index in [1.807, 2.05) is 34.6 Å². The Morgan fingerprint density at radius 1 is 1.33 bits per heavy atom. The normalized spacial score (nSPS) is 22.4. The van der Waals surface area contributed by atoms with Crippen LogP contribution in [-0.4, -0.2) is 54.4 Å². The molecule has 2 heterocycles. The Labute approximate surface area is 178 Å². The standard InChI is InChI=1S/C22H34N4O4/c1-14(15-7-8-15)24-19(27)16-12-23-18(29-6)11-17(16)26-10-9-22(5,13-26)25-20(28)30-21(2,3)4/h11-12,14-15H,7-10,13H2,1-6H3,(H,24,27)(H,25,28)/t14-,22-/m0/s1. The number of carbonyl (C=O) groups is 2. The zero-order chi connectivity index (χ0) is 22.1. The van der Waals surface area contributed by atoms with E-state index in [9.17, 15) is 9.59 Å². The van der Waals surface area contributed by atoms with Crippen LogP contribution >= 0.6 is 0 Å². The summed E-state index contributed by atoms with van der Waals surface area (Å²) in [6.07, 6.45) is 4.19. The van der Waals surface area contributed by atoms with Gasteiger partial charge in [0.25, 0.3) is 5.91 Å². The van der Waals surface area contributed by atoms with Crippen LogP contribution in [0.3, 0.4) is 0 Å². The van der Waals surface area contributed by atoms with Gasteiger partial charge in [-0.05, 0) is 59.8 Å². The van der Waals surface area contributed by atoms with Gasteiger partial charge in [-0.3, -0.25) is 4.79 Å². The average molecular weight is 419 g/mol. The van der Waals surface area contributed by atoms with E-state index >= 15 is 0 Å². The van der Waals surface area contributed by atoms with Crippen LogP contribution in [0.15, 0.2) is 12.3 Å². The number of carbonyl (C=O) groups excluding carboxylic acids is 2. The minimum Gasteiger partial charge on any atom is -0.481 e. The number of hydrogen-bond donors (Lipinski definition) is 2. The molecule has 2 amide bonds. The molecule has 1 saturated heterocycles. The Hall–Kier alpha value is -2.51. The monoisotopic (exact) mass is 418 g/mol. The van der Waals surface area contributed by atoms with Gasteiger partial charge in [0.15, 0.2) is 0 Å². The van der Waals surface area contributed by atoms with Gasteiger partial charge in [0.05, 0.1) is 23.9 Å². The van der Waals surface area contributed by atoms with E-state index in [2.05, 4.69) is 20.5 Å². The highest BCUT2D eigenvalue weighted by molar-refractivity contribution is 6.00. The number of aromatic nitrogens is 1. The number of amides is 2. The van der Waals surface area contributed by atoms with Gasteiger partial charge < -0.3 is 25.0 Å². The van der Waals surface area contributed by atoms with Crippen LogP contribution in [0.25, 0.3) is 0 Å². The van der Waals surface area contributed by atoms with Gasteiger partial charge in [0, 0.05) is 31.4 Å². The van der Waals surface area contributed by atoms with Gasteiger partial charge in [-0.2, -0.15) is 0 Å². The number of pyridine rings is 1. The molecule has 166 valence electrons. The summed E-state index contributed by atoms with van der Waals surface area (Å²) in [5.74, 6) is 0.885. The topological polar surface area (TPSA) is 92.8 Å². The highest BCUT2D eigenvalue weighted by Gasteiger charge is 2.38. The maximum Gasteiger partial charge on any atom is 0.408 e. The highest BCUT2D eigenvalue weighted by atomic mass is 16.6. The van der Waals surface area contributed by atoms with Crippen molar-refractivity contribution >= 4 is 17.7 Å². The molecule has 1 aromatic rings. The Morgan fingerprint density at radius 3 is 2.63 bits per heavy atom. The zero-order valence-corrected chi connectivity index (χ0v) is 18.9. The molecule has 8 heteroatoms. The third-order valence-electron chi connectivity index (χ3n) is 5.62. The largest absolute Gasteiger partial charge is 0.481 e. The SMILES string of the molecule is COc1cc(N2CC[C@](C)(NC(=O)OC(C)(C)C)C2)c(C(=O)N[C@@H](C)C2CC2)cn1. The quantitative estimate of drug-likeness (QED) is 0.737. The Kier molecular flexibility index (Phi) is 6.15. The predicted octanol–water partition coefficient (Wildman–Crippen LogP) is 3.11. The summed E-state index contributed by atoms with van der Waals surface area (Å²) in [5, 5.41) is 6.10. The smallest absolute Gasteiger partial charge is 0.408 e. The molecular formula is C22H34N4O4. The first kappa shape index (κ1) is 22.2. The van der Waals surface area contributed by atoms with Crippen molar-refractivity contribution in [2.24, 2.45) is 5.92 Å². The minimum absolute atomic E-state index is 0.131. The molecule has 0 radical (unpaired) electrons. The molecule has 1 aliphatic heterocycles. The van der Waals surface area contributed by atoms with Crippen molar-refractivity contribution in [3.05, 3.63) is 17.8 Å². The lowest BCUT2D eigenvalue weighted by molar-refractivity contribution is 0.0473. The Morgan fingerprint density at radius 2 is 2.03 bits per heavy atom. The first-order valence-corrected chi connectivity index (χ1v) is 10.6. The number of nitrogens with zero attached hydrogens (tertiary/aromatic N) is 2. The molecule has 2 aliphatic rings. The number of nitrogens with one attached hydrogen (secondary N) is 2. The van der Waals surface area contributed by atoms with E-state index in [4.69, 9.17) is 9.47 Å².